The molecular formula is C15H15ClN2O2. The summed E-state index contributed by atoms with van der Waals surface area (Å²) in [4.78, 5) is 11.9. The highest BCUT2D eigenvalue weighted by Crippen LogP contribution is 2.24. The molecule has 0 saturated heterocycles. The van der Waals surface area contributed by atoms with Crippen LogP contribution in [0.4, 0.5) is 11.4 Å². The Hall–Kier alpha value is -2.20. The number of anilines is 2. The van der Waals surface area contributed by atoms with Crippen molar-refractivity contribution in [3.63, 3.8) is 0 Å². The fraction of sp³-hybridized carbons (Fsp3) is 0.133. The SMILES string of the molecule is COc1ccc(NC(=O)Cc2cccc(Cl)c2)cc1N. The largest absolute Gasteiger partial charge is 0.495 e. The molecule has 1 amide bonds. The van der Waals surface area contributed by atoms with E-state index in [1.807, 2.05) is 12.1 Å². The third-order valence-corrected chi connectivity index (χ3v) is 3.00. The Morgan fingerprint density at radius 1 is 1.30 bits per heavy atom. The van der Waals surface area contributed by atoms with E-state index in [2.05, 4.69) is 5.32 Å². The first-order chi connectivity index (χ1) is 9.58. The molecular weight excluding hydrogens is 276 g/mol. The highest BCUT2D eigenvalue weighted by atomic mass is 35.5. The van der Waals surface area contributed by atoms with Gasteiger partial charge in [-0.3, -0.25) is 4.79 Å². The van der Waals surface area contributed by atoms with Crippen LogP contribution in [0.2, 0.25) is 5.02 Å². The van der Waals surface area contributed by atoms with Crippen LogP contribution in [0.1, 0.15) is 5.56 Å². The van der Waals surface area contributed by atoms with Gasteiger partial charge in [-0.05, 0) is 35.9 Å². The molecule has 0 aromatic heterocycles. The molecule has 20 heavy (non-hydrogen) atoms. The minimum absolute atomic E-state index is 0.128. The van der Waals surface area contributed by atoms with Crippen LogP contribution in [0.15, 0.2) is 42.5 Å². The van der Waals surface area contributed by atoms with Crippen molar-refractivity contribution in [3.05, 3.63) is 53.1 Å². The Bertz CT molecular complexity index is 629. The molecule has 2 rings (SSSR count). The second-order valence-corrected chi connectivity index (χ2v) is 4.75. The minimum Gasteiger partial charge on any atom is -0.495 e. The minimum atomic E-state index is -0.128. The summed E-state index contributed by atoms with van der Waals surface area (Å²) in [5.74, 6) is 0.453. The Balaban J connectivity index is 2.03. The number of methoxy groups -OCH3 is 1. The molecule has 104 valence electrons. The van der Waals surface area contributed by atoms with Crippen LogP contribution in [-0.2, 0) is 11.2 Å². The van der Waals surface area contributed by atoms with E-state index in [9.17, 15) is 4.79 Å². The molecule has 0 fully saturated rings. The van der Waals surface area contributed by atoms with E-state index in [0.717, 1.165) is 5.56 Å². The molecule has 0 aliphatic carbocycles. The summed E-state index contributed by atoms with van der Waals surface area (Å²) in [5, 5.41) is 3.40. The van der Waals surface area contributed by atoms with Crippen LogP contribution < -0.4 is 15.8 Å². The van der Waals surface area contributed by atoms with E-state index in [4.69, 9.17) is 22.1 Å². The van der Waals surface area contributed by atoms with Crippen molar-refractivity contribution in [2.45, 2.75) is 6.42 Å². The van der Waals surface area contributed by atoms with Gasteiger partial charge in [-0.1, -0.05) is 23.7 Å². The molecule has 0 bridgehead atoms. The number of halogens is 1. The van der Waals surface area contributed by atoms with Gasteiger partial charge in [-0.25, -0.2) is 0 Å². The second kappa shape index (κ2) is 6.30. The number of nitrogens with two attached hydrogens (primary N) is 1. The molecule has 4 nitrogen and oxygen atoms in total. The standard InChI is InChI=1S/C15H15ClN2O2/c1-20-14-6-5-12(9-13(14)17)18-15(19)8-10-3-2-4-11(16)7-10/h2-7,9H,8,17H2,1H3,(H,18,19). The Kier molecular flexibility index (Phi) is 4.48. The van der Waals surface area contributed by atoms with E-state index < -0.39 is 0 Å². The van der Waals surface area contributed by atoms with Crippen LogP contribution in [0.3, 0.4) is 0 Å². The Morgan fingerprint density at radius 3 is 2.75 bits per heavy atom. The lowest BCUT2D eigenvalue weighted by Gasteiger charge is -2.09. The fourth-order valence-electron chi connectivity index (χ4n) is 1.85. The van der Waals surface area contributed by atoms with Gasteiger partial charge in [0.1, 0.15) is 5.75 Å². The van der Waals surface area contributed by atoms with E-state index in [-0.39, 0.29) is 12.3 Å². The van der Waals surface area contributed by atoms with Crippen LogP contribution in [0.5, 0.6) is 5.75 Å². The monoisotopic (exact) mass is 290 g/mol. The summed E-state index contributed by atoms with van der Waals surface area (Å²) in [5.41, 5.74) is 7.76. The number of amides is 1. The fourth-order valence-corrected chi connectivity index (χ4v) is 2.06. The molecule has 0 radical (unpaired) electrons. The maximum Gasteiger partial charge on any atom is 0.228 e. The van der Waals surface area contributed by atoms with Gasteiger partial charge in [-0.15, -0.1) is 0 Å². The van der Waals surface area contributed by atoms with Crippen molar-refractivity contribution in [1.29, 1.82) is 0 Å². The first-order valence-electron chi connectivity index (χ1n) is 6.06. The van der Waals surface area contributed by atoms with Crippen molar-refractivity contribution in [2.24, 2.45) is 0 Å². The van der Waals surface area contributed by atoms with Crippen molar-refractivity contribution in [3.8, 4) is 5.75 Å². The molecule has 0 spiro atoms. The Morgan fingerprint density at radius 2 is 2.10 bits per heavy atom. The van der Waals surface area contributed by atoms with E-state index in [1.165, 1.54) is 0 Å². The number of carbonyl (C=O) groups is 1. The maximum absolute atomic E-state index is 11.9. The normalized spacial score (nSPS) is 10.1. The first-order valence-corrected chi connectivity index (χ1v) is 6.44. The molecule has 2 aromatic carbocycles. The van der Waals surface area contributed by atoms with Gasteiger partial charge in [0, 0.05) is 10.7 Å². The van der Waals surface area contributed by atoms with E-state index >= 15 is 0 Å². The number of nitrogens with one attached hydrogen (secondary N) is 1. The number of ether oxygens (including phenoxy) is 1. The van der Waals surface area contributed by atoms with Crippen molar-refractivity contribution < 1.29 is 9.53 Å². The van der Waals surface area contributed by atoms with Gasteiger partial charge in [-0.2, -0.15) is 0 Å². The zero-order valence-electron chi connectivity index (χ0n) is 11.0. The lowest BCUT2D eigenvalue weighted by atomic mass is 10.1. The van der Waals surface area contributed by atoms with Gasteiger partial charge < -0.3 is 15.8 Å². The molecule has 0 aliphatic heterocycles. The number of carbonyl (C=O) groups excluding carboxylic acids is 1. The van der Waals surface area contributed by atoms with Gasteiger partial charge in [0.25, 0.3) is 0 Å². The number of hydrogen-bond donors (Lipinski definition) is 2. The molecule has 0 heterocycles. The quantitative estimate of drug-likeness (QED) is 0.850. The molecule has 0 saturated carbocycles. The molecule has 0 unspecified atom stereocenters. The van der Waals surface area contributed by atoms with Gasteiger partial charge >= 0.3 is 0 Å². The van der Waals surface area contributed by atoms with Gasteiger partial charge in [0.2, 0.25) is 5.91 Å². The van der Waals surface area contributed by atoms with Crippen LogP contribution in [0, 0.1) is 0 Å². The number of benzene rings is 2. The lowest BCUT2D eigenvalue weighted by Crippen LogP contribution is -2.14. The third-order valence-electron chi connectivity index (χ3n) is 2.77. The van der Waals surface area contributed by atoms with Crippen molar-refractivity contribution in [2.75, 3.05) is 18.2 Å². The maximum atomic E-state index is 11.9. The van der Waals surface area contributed by atoms with Crippen LogP contribution in [-0.4, -0.2) is 13.0 Å². The van der Waals surface area contributed by atoms with Crippen molar-refractivity contribution >= 4 is 28.9 Å². The number of nitrogen functional groups attached to an aromatic ring is 1. The van der Waals surface area contributed by atoms with E-state index in [0.29, 0.717) is 22.1 Å². The average Bonchev–Trinajstić information content (AvgIpc) is 2.38. The highest BCUT2D eigenvalue weighted by molar-refractivity contribution is 6.30. The zero-order chi connectivity index (χ0) is 14.5. The predicted molar refractivity (Wildman–Crippen MR) is 81.2 cm³/mol. The lowest BCUT2D eigenvalue weighted by molar-refractivity contribution is -0.115. The first kappa shape index (κ1) is 14.2. The predicted octanol–water partition coefficient (Wildman–Crippen LogP) is 3.11. The molecule has 5 heteroatoms. The van der Waals surface area contributed by atoms with Gasteiger partial charge in [0.15, 0.2) is 0 Å². The molecule has 3 N–H and O–H groups in total. The molecule has 0 atom stereocenters. The summed E-state index contributed by atoms with van der Waals surface area (Å²) >= 11 is 5.88. The summed E-state index contributed by atoms with van der Waals surface area (Å²) in [7, 11) is 1.54. The van der Waals surface area contributed by atoms with E-state index in [1.54, 1.807) is 37.4 Å². The molecule has 0 aliphatic rings. The summed E-state index contributed by atoms with van der Waals surface area (Å²) in [6.45, 7) is 0. The Labute approximate surface area is 122 Å². The zero-order valence-corrected chi connectivity index (χ0v) is 11.8. The summed E-state index contributed by atoms with van der Waals surface area (Å²) < 4.78 is 5.06. The number of rotatable bonds is 4. The smallest absolute Gasteiger partial charge is 0.228 e. The van der Waals surface area contributed by atoms with Crippen molar-refractivity contribution in [1.82, 2.24) is 0 Å². The topological polar surface area (TPSA) is 64.3 Å². The average molecular weight is 291 g/mol. The third kappa shape index (κ3) is 3.65. The highest BCUT2D eigenvalue weighted by Gasteiger charge is 2.06. The summed E-state index contributed by atoms with van der Waals surface area (Å²) in [6, 6.07) is 12.3. The summed E-state index contributed by atoms with van der Waals surface area (Å²) in [6.07, 6.45) is 0.256. The van der Waals surface area contributed by atoms with Gasteiger partial charge in [0.05, 0.1) is 19.2 Å². The second-order valence-electron chi connectivity index (χ2n) is 4.31. The van der Waals surface area contributed by atoms with Crippen LogP contribution >= 0.6 is 11.6 Å². The number of hydrogen-bond acceptors (Lipinski definition) is 3. The molecule has 2 aromatic rings. The van der Waals surface area contributed by atoms with Crippen LogP contribution in [0.25, 0.3) is 0 Å².